The van der Waals surface area contributed by atoms with E-state index < -0.39 is 0 Å². The minimum atomic E-state index is -0.0607. The molecule has 5 nitrogen and oxygen atoms in total. The molecule has 17 heavy (non-hydrogen) atoms. The average molecular weight is 237 g/mol. The summed E-state index contributed by atoms with van der Waals surface area (Å²) in [5, 5.41) is 17.0. The summed E-state index contributed by atoms with van der Waals surface area (Å²) in [4.78, 5) is 2.19. The third-order valence-electron chi connectivity index (χ3n) is 2.97. The second-order valence-corrected chi connectivity index (χ2v) is 4.21. The van der Waals surface area contributed by atoms with E-state index in [0.29, 0.717) is 11.8 Å². The van der Waals surface area contributed by atoms with Gasteiger partial charge in [-0.2, -0.15) is 5.10 Å². The van der Waals surface area contributed by atoms with Crippen molar-refractivity contribution in [3.63, 3.8) is 0 Å². The van der Waals surface area contributed by atoms with Crippen LogP contribution in [-0.4, -0.2) is 41.1 Å². The lowest BCUT2D eigenvalue weighted by Crippen LogP contribution is -2.40. The zero-order chi connectivity index (χ0) is 12.1. The molecule has 0 amide bonds. The molecular weight excluding hydrogens is 218 g/mol. The molecule has 94 valence electrons. The van der Waals surface area contributed by atoms with Crippen LogP contribution in [0.2, 0.25) is 0 Å². The summed E-state index contributed by atoms with van der Waals surface area (Å²) < 4.78 is 5.65. The second kappa shape index (κ2) is 5.93. The van der Waals surface area contributed by atoms with Crippen molar-refractivity contribution in [3.05, 3.63) is 17.8 Å². The molecule has 0 aliphatic carbocycles. The number of hydrogen-bond donors (Lipinski definition) is 1. The lowest BCUT2D eigenvalue weighted by Gasteiger charge is -2.32. The van der Waals surface area contributed by atoms with Gasteiger partial charge in [0.05, 0.1) is 18.4 Å². The maximum atomic E-state index is 8.91. The van der Waals surface area contributed by atoms with Crippen molar-refractivity contribution < 1.29 is 9.84 Å². The van der Waals surface area contributed by atoms with Gasteiger partial charge < -0.3 is 14.7 Å². The van der Waals surface area contributed by atoms with Crippen molar-refractivity contribution in [2.45, 2.75) is 32.5 Å². The zero-order valence-corrected chi connectivity index (χ0v) is 10.2. The number of ether oxygens (including phenoxy) is 1. The average Bonchev–Trinajstić information content (AvgIpc) is 2.40. The van der Waals surface area contributed by atoms with Gasteiger partial charge in [-0.1, -0.05) is 0 Å². The van der Waals surface area contributed by atoms with Crippen LogP contribution >= 0.6 is 0 Å². The number of nitrogens with zero attached hydrogens (tertiary/aromatic N) is 3. The number of aromatic nitrogens is 2. The van der Waals surface area contributed by atoms with Gasteiger partial charge in [0.1, 0.15) is 0 Å². The van der Waals surface area contributed by atoms with Crippen molar-refractivity contribution in [1.82, 2.24) is 10.2 Å². The SMILES string of the molecule is CCOC1CCCN(c2ccc(CO)nn2)C1. The van der Waals surface area contributed by atoms with Crippen molar-refractivity contribution >= 4 is 5.82 Å². The number of aliphatic hydroxyl groups is 1. The van der Waals surface area contributed by atoms with E-state index in [1.54, 1.807) is 0 Å². The molecule has 1 aromatic rings. The first-order valence-electron chi connectivity index (χ1n) is 6.13. The highest BCUT2D eigenvalue weighted by molar-refractivity contribution is 5.38. The summed E-state index contributed by atoms with van der Waals surface area (Å²) in [5.74, 6) is 0.867. The molecule has 1 saturated heterocycles. The van der Waals surface area contributed by atoms with Crippen molar-refractivity contribution in [2.75, 3.05) is 24.6 Å². The summed E-state index contributed by atoms with van der Waals surface area (Å²) in [6, 6.07) is 3.72. The molecule has 1 aliphatic rings. The van der Waals surface area contributed by atoms with Crippen molar-refractivity contribution in [3.8, 4) is 0 Å². The monoisotopic (exact) mass is 237 g/mol. The number of hydrogen-bond acceptors (Lipinski definition) is 5. The molecule has 1 fully saturated rings. The van der Waals surface area contributed by atoms with Crippen LogP contribution < -0.4 is 4.90 Å². The summed E-state index contributed by atoms with van der Waals surface area (Å²) in [6.07, 6.45) is 2.54. The maximum absolute atomic E-state index is 8.91. The van der Waals surface area contributed by atoms with Gasteiger partial charge in [-0.15, -0.1) is 5.10 Å². The Hall–Kier alpha value is -1.20. The fourth-order valence-electron chi connectivity index (χ4n) is 2.12. The van der Waals surface area contributed by atoms with E-state index in [0.717, 1.165) is 38.4 Å². The van der Waals surface area contributed by atoms with Gasteiger partial charge in [0.25, 0.3) is 0 Å². The smallest absolute Gasteiger partial charge is 0.151 e. The summed E-state index contributed by atoms with van der Waals surface area (Å²) in [5.41, 5.74) is 0.604. The Morgan fingerprint density at radius 3 is 3.00 bits per heavy atom. The first kappa shape index (κ1) is 12.3. The van der Waals surface area contributed by atoms with Crippen LogP contribution in [0.15, 0.2) is 12.1 Å². The van der Waals surface area contributed by atoms with Crippen LogP contribution in [0.5, 0.6) is 0 Å². The fourth-order valence-corrected chi connectivity index (χ4v) is 2.12. The minimum Gasteiger partial charge on any atom is -0.390 e. The maximum Gasteiger partial charge on any atom is 0.151 e. The molecule has 5 heteroatoms. The first-order valence-corrected chi connectivity index (χ1v) is 6.13. The Kier molecular flexibility index (Phi) is 4.28. The van der Waals surface area contributed by atoms with Gasteiger partial charge in [0.15, 0.2) is 5.82 Å². The highest BCUT2D eigenvalue weighted by atomic mass is 16.5. The van der Waals surface area contributed by atoms with E-state index in [1.807, 2.05) is 19.1 Å². The normalized spacial score (nSPS) is 20.6. The standard InChI is InChI=1S/C12H19N3O2/c1-2-17-11-4-3-7-15(8-11)12-6-5-10(9-16)13-14-12/h5-6,11,16H,2-4,7-9H2,1H3. The van der Waals surface area contributed by atoms with Crippen LogP contribution in [0.3, 0.4) is 0 Å². The van der Waals surface area contributed by atoms with Crippen molar-refractivity contribution in [2.24, 2.45) is 0 Å². The van der Waals surface area contributed by atoms with E-state index in [9.17, 15) is 0 Å². The predicted molar refractivity (Wildman–Crippen MR) is 64.8 cm³/mol. The van der Waals surface area contributed by atoms with E-state index in [-0.39, 0.29) is 6.61 Å². The van der Waals surface area contributed by atoms with Crippen LogP contribution in [0.25, 0.3) is 0 Å². The van der Waals surface area contributed by atoms with E-state index in [1.165, 1.54) is 0 Å². The summed E-state index contributed by atoms with van der Waals surface area (Å²) in [7, 11) is 0. The molecule has 1 aromatic heterocycles. The van der Waals surface area contributed by atoms with Gasteiger partial charge in [-0.25, -0.2) is 0 Å². The van der Waals surface area contributed by atoms with Gasteiger partial charge in [0, 0.05) is 19.7 Å². The molecule has 1 aliphatic heterocycles. The molecule has 0 spiro atoms. The molecule has 2 rings (SSSR count). The van der Waals surface area contributed by atoms with Crippen LogP contribution in [0, 0.1) is 0 Å². The second-order valence-electron chi connectivity index (χ2n) is 4.21. The molecule has 1 unspecified atom stereocenters. The van der Waals surface area contributed by atoms with E-state index in [2.05, 4.69) is 15.1 Å². The Morgan fingerprint density at radius 1 is 1.47 bits per heavy atom. The number of rotatable bonds is 4. The third-order valence-corrected chi connectivity index (χ3v) is 2.97. The largest absolute Gasteiger partial charge is 0.390 e. The first-order chi connectivity index (χ1) is 8.33. The van der Waals surface area contributed by atoms with Crippen LogP contribution in [0.4, 0.5) is 5.82 Å². The molecule has 0 saturated carbocycles. The van der Waals surface area contributed by atoms with Crippen LogP contribution in [0.1, 0.15) is 25.5 Å². The molecule has 0 bridgehead atoms. The third kappa shape index (κ3) is 3.14. The summed E-state index contributed by atoms with van der Waals surface area (Å²) in [6.45, 7) is 4.59. The van der Waals surface area contributed by atoms with Gasteiger partial charge in [-0.3, -0.25) is 0 Å². The fraction of sp³-hybridized carbons (Fsp3) is 0.667. The van der Waals surface area contributed by atoms with E-state index >= 15 is 0 Å². The number of piperidine rings is 1. The molecule has 0 aromatic carbocycles. The molecule has 1 atom stereocenters. The van der Waals surface area contributed by atoms with Gasteiger partial charge in [0.2, 0.25) is 0 Å². The lowest BCUT2D eigenvalue weighted by atomic mass is 10.1. The molecular formula is C12H19N3O2. The summed E-state index contributed by atoms with van der Waals surface area (Å²) >= 11 is 0. The van der Waals surface area contributed by atoms with Gasteiger partial charge in [-0.05, 0) is 31.9 Å². The van der Waals surface area contributed by atoms with Crippen LogP contribution in [-0.2, 0) is 11.3 Å². The quantitative estimate of drug-likeness (QED) is 0.845. The Bertz CT molecular complexity index is 340. The number of aliphatic hydroxyl groups excluding tert-OH is 1. The molecule has 2 heterocycles. The molecule has 1 N–H and O–H groups in total. The van der Waals surface area contributed by atoms with Crippen molar-refractivity contribution in [1.29, 1.82) is 0 Å². The topological polar surface area (TPSA) is 58.5 Å². The predicted octanol–water partition coefficient (Wildman–Crippen LogP) is 0.974. The Morgan fingerprint density at radius 2 is 2.35 bits per heavy atom. The Labute approximate surface area is 101 Å². The minimum absolute atomic E-state index is 0.0607. The highest BCUT2D eigenvalue weighted by Crippen LogP contribution is 2.18. The molecule has 0 radical (unpaired) electrons. The zero-order valence-electron chi connectivity index (χ0n) is 10.2. The van der Waals surface area contributed by atoms with E-state index in [4.69, 9.17) is 9.84 Å². The van der Waals surface area contributed by atoms with Gasteiger partial charge >= 0.3 is 0 Å². The Balaban J connectivity index is 2.00. The highest BCUT2D eigenvalue weighted by Gasteiger charge is 2.21. The lowest BCUT2D eigenvalue weighted by molar-refractivity contribution is 0.0525. The number of anilines is 1.